The molecule has 108 valence electrons. The highest BCUT2D eigenvalue weighted by Gasteiger charge is 2.06. The minimum Gasteiger partial charge on any atom is -0.484 e. The van der Waals surface area contributed by atoms with E-state index >= 15 is 0 Å². The largest absolute Gasteiger partial charge is 0.484 e. The molecular weight excluding hydrogens is 272 g/mol. The summed E-state index contributed by atoms with van der Waals surface area (Å²) in [5.41, 5.74) is 1.44. The average Bonchev–Trinajstić information content (AvgIpc) is 2.47. The van der Waals surface area contributed by atoms with Crippen LogP contribution in [0.5, 0.6) is 5.75 Å². The van der Waals surface area contributed by atoms with E-state index in [1.54, 1.807) is 12.1 Å². The number of aryl methyl sites for hydroxylation is 1. The number of nitrogens with zero attached hydrogens (tertiary/aromatic N) is 1. The molecule has 0 aliphatic rings. The second kappa shape index (κ2) is 6.51. The number of amides is 1. The van der Waals surface area contributed by atoms with Gasteiger partial charge in [-0.15, -0.1) is 0 Å². The predicted molar refractivity (Wildman–Crippen MR) is 76.5 cm³/mol. The van der Waals surface area contributed by atoms with Gasteiger partial charge in [-0.05, 0) is 31.2 Å². The van der Waals surface area contributed by atoms with Gasteiger partial charge in [0.25, 0.3) is 5.91 Å². The van der Waals surface area contributed by atoms with Gasteiger partial charge in [-0.2, -0.15) is 0 Å². The molecule has 0 aliphatic heterocycles. The van der Waals surface area contributed by atoms with E-state index < -0.39 is 5.97 Å². The summed E-state index contributed by atoms with van der Waals surface area (Å²) in [5.74, 6) is -0.855. The molecule has 2 N–H and O–H groups in total. The lowest BCUT2D eigenvalue weighted by Crippen LogP contribution is -2.20. The van der Waals surface area contributed by atoms with E-state index in [1.165, 1.54) is 18.3 Å². The fourth-order valence-electron chi connectivity index (χ4n) is 1.57. The van der Waals surface area contributed by atoms with Crippen LogP contribution in [-0.2, 0) is 4.79 Å². The first-order valence-corrected chi connectivity index (χ1v) is 6.23. The van der Waals surface area contributed by atoms with Gasteiger partial charge in [0.05, 0.1) is 11.9 Å². The standard InChI is InChI=1S/C15H14N2O4/c1-10-2-5-12(6-3-10)21-9-14(18)17-11-4-7-13(15(19)20)16-8-11/h2-8H,9H2,1H3,(H,17,18)(H,19,20). The van der Waals surface area contributed by atoms with E-state index in [4.69, 9.17) is 9.84 Å². The van der Waals surface area contributed by atoms with Crippen molar-refractivity contribution in [3.8, 4) is 5.75 Å². The van der Waals surface area contributed by atoms with Crippen LogP contribution in [0.4, 0.5) is 5.69 Å². The number of carboxylic acids is 1. The Hall–Kier alpha value is -2.89. The molecule has 1 amide bonds. The van der Waals surface area contributed by atoms with Crippen molar-refractivity contribution < 1.29 is 19.4 Å². The normalized spacial score (nSPS) is 9.95. The van der Waals surface area contributed by atoms with Crippen LogP contribution in [0.25, 0.3) is 0 Å². The second-order valence-corrected chi connectivity index (χ2v) is 4.39. The van der Waals surface area contributed by atoms with Crippen LogP contribution in [0.2, 0.25) is 0 Å². The molecule has 0 unspecified atom stereocenters. The van der Waals surface area contributed by atoms with Gasteiger partial charge in [0, 0.05) is 0 Å². The molecule has 0 aliphatic carbocycles. The van der Waals surface area contributed by atoms with Crippen molar-refractivity contribution in [2.45, 2.75) is 6.92 Å². The number of benzene rings is 1. The first kappa shape index (κ1) is 14.5. The number of aromatic nitrogens is 1. The number of hydrogen-bond donors (Lipinski definition) is 2. The average molecular weight is 286 g/mol. The fraction of sp³-hybridized carbons (Fsp3) is 0.133. The molecule has 0 spiro atoms. The zero-order chi connectivity index (χ0) is 15.2. The summed E-state index contributed by atoms with van der Waals surface area (Å²) >= 11 is 0. The van der Waals surface area contributed by atoms with Gasteiger partial charge >= 0.3 is 5.97 Å². The summed E-state index contributed by atoms with van der Waals surface area (Å²) in [6, 6.07) is 10.1. The highest BCUT2D eigenvalue weighted by Crippen LogP contribution is 2.11. The van der Waals surface area contributed by atoms with Crippen LogP contribution < -0.4 is 10.1 Å². The van der Waals surface area contributed by atoms with Crippen LogP contribution in [0, 0.1) is 6.92 Å². The second-order valence-electron chi connectivity index (χ2n) is 4.39. The first-order valence-electron chi connectivity index (χ1n) is 6.23. The highest BCUT2D eigenvalue weighted by atomic mass is 16.5. The van der Waals surface area contributed by atoms with Crippen molar-refractivity contribution in [3.63, 3.8) is 0 Å². The number of carbonyl (C=O) groups excluding carboxylic acids is 1. The van der Waals surface area contributed by atoms with E-state index in [0.29, 0.717) is 11.4 Å². The molecule has 0 radical (unpaired) electrons. The Morgan fingerprint density at radius 3 is 2.48 bits per heavy atom. The number of nitrogens with one attached hydrogen (secondary N) is 1. The number of anilines is 1. The molecule has 21 heavy (non-hydrogen) atoms. The monoisotopic (exact) mass is 286 g/mol. The van der Waals surface area contributed by atoms with E-state index in [-0.39, 0.29) is 18.2 Å². The number of pyridine rings is 1. The summed E-state index contributed by atoms with van der Waals surface area (Å²) in [4.78, 5) is 26.0. The topological polar surface area (TPSA) is 88.5 Å². The summed E-state index contributed by atoms with van der Waals surface area (Å²) in [6.45, 7) is 1.83. The molecular formula is C15H14N2O4. The zero-order valence-electron chi connectivity index (χ0n) is 11.4. The molecule has 2 rings (SSSR count). The molecule has 1 heterocycles. The Morgan fingerprint density at radius 2 is 1.90 bits per heavy atom. The molecule has 0 bridgehead atoms. The van der Waals surface area contributed by atoms with Crippen molar-refractivity contribution in [2.75, 3.05) is 11.9 Å². The van der Waals surface area contributed by atoms with E-state index in [9.17, 15) is 9.59 Å². The molecule has 2 aromatic rings. The molecule has 0 saturated heterocycles. The van der Waals surface area contributed by atoms with Gasteiger partial charge < -0.3 is 15.2 Å². The number of hydrogen-bond acceptors (Lipinski definition) is 4. The Kier molecular flexibility index (Phi) is 4.50. The van der Waals surface area contributed by atoms with Gasteiger partial charge in [-0.3, -0.25) is 4.79 Å². The SMILES string of the molecule is Cc1ccc(OCC(=O)Nc2ccc(C(=O)O)nc2)cc1. The fourth-order valence-corrected chi connectivity index (χ4v) is 1.57. The van der Waals surface area contributed by atoms with Crippen molar-refractivity contribution >= 4 is 17.6 Å². The van der Waals surface area contributed by atoms with Gasteiger partial charge in [-0.25, -0.2) is 9.78 Å². The van der Waals surface area contributed by atoms with Gasteiger partial charge in [0.15, 0.2) is 6.61 Å². The number of carbonyl (C=O) groups is 2. The minimum absolute atomic E-state index is 0.0797. The minimum atomic E-state index is -1.12. The van der Waals surface area contributed by atoms with Crippen LogP contribution in [0.1, 0.15) is 16.1 Å². The van der Waals surface area contributed by atoms with E-state index in [2.05, 4.69) is 10.3 Å². The summed E-state index contributed by atoms with van der Waals surface area (Å²) in [6.07, 6.45) is 1.28. The predicted octanol–water partition coefficient (Wildman–Crippen LogP) is 2.11. The summed E-state index contributed by atoms with van der Waals surface area (Å²) in [5, 5.41) is 11.3. The molecule has 1 aromatic heterocycles. The smallest absolute Gasteiger partial charge is 0.354 e. The maximum atomic E-state index is 11.7. The quantitative estimate of drug-likeness (QED) is 0.878. The number of ether oxygens (including phenoxy) is 1. The lowest BCUT2D eigenvalue weighted by molar-refractivity contribution is -0.118. The molecule has 1 aromatic carbocycles. The maximum Gasteiger partial charge on any atom is 0.354 e. The van der Waals surface area contributed by atoms with Crippen LogP contribution in [0.15, 0.2) is 42.6 Å². The van der Waals surface area contributed by atoms with Crippen molar-refractivity contribution in [1.29, 1.82) is 0 Å². The van der Waals surface area contributed by atoms with Gasteiger partial charge in [-0.1, -0.05) is 17.7 Å². The van der Waals surface area contributed by atoms with Gasteiger partial charge in [0.2, 0.25) is 0 Å². The van der Waals surface area contributed by atoms with Crippen molar-refractivity contribution in [3.05, 3.63) is 53.9 Å². The van der Waals surface area contributed by atoms with E-state index in [0.717, 1.165) is 5.56 Å². The Bertz CT molecular complexity index is 636. The third-order valence-electron chi connectivity index (χ3n) is 2.66. The summed E-state index contributed by atoms with van der Waals surface area (Å²) in [7, 11) is 0. The lowest BCUT2D eigenvalue weighted by Gasteiger charge is -2.07. The zero-order valence-corrected chi connectivity index (χ0v) is 11.4. The molecule has 0 fully saturated rings. The van der Waals surface area contributed by atoms with Crippen LogP contribution >= 0.6 is 0 Å². The molecule has 0 atom stereocenters. The third-order valence-corrected chi connectivity index (χ3v) is 2.66. The van der Waals surface area contributed by atoms with Crippen LogP contribution in [-0.4, -0.2) is 28.6 Å². The Balaban J connectivity index is 1.86. The Morgan fingerprint density at radius 1 is 1.19 bits per heavy atom. The number of carboxylic acid groups (broad SMARTS) is 1. The van der Waals surface area contributed by atoms with E-state index in [1.807, 2.05) is 19.1 Å². The lowest BCUT2D eigenvalue weighted by atomic mass is 10.2. The molecule has 6 nitrogen and oxygen atoms in total. The van der Waals surface area contributed by atoms with Crippen LogP contribution in [0.3, 0.4) is 0 Å². The summed E-state index contributed by atoms with van der Waals surface area (Å²) < 4.78 is 5.33. The first-order chi connectivity index (χ1) is 10.0. The molecule has 0 saturated carbocycles. The maximum absolute atomic E-state index is 11.7. The van der Waals surface area contributed by atoms with Gasteiger partial charge in [0.1, 0.15) is 11.4 Å². The van der Waals surface area contributed by atoms with Crippen molar-refractivity contribution in [2.24, 2.45) is 0 Å². The Labute approximate surface area is 121 Å². The number of rotatable bonds is 5. The third kappa shape index (κ3) is 4.31. The number of aromatic carboxylic acids is 1. The van der Waals surface area contributed by atoms with Crippen molar-refractivity contribution in [1.82, 2.24) is 4.98 Å². The molecule has 6 heteroatoms. The highest BCUT2D eigenvalue weighted by molar-refractivity contribution is 5.92.